The summed E-state index contributed by atoms with van der Waals surface area (Å²) in [6.07, 6.45) is 9.93. The molecule has 1 aromatic carbocycles. The van der Waals surface area contributed by atoms with Crippen LogP contribution in [-0.4, -0.2) is 42.8 Å². The molecule has 0 saturated heterocycles. The third-order valence-electron chi connectivity index (χ3n) is 5.16. The molecular formula is C24H39NO5. The van der Waals surface area contributed by atoms with Crippen molar-refractivity contribution in [1.29, 1.82) is 0 Å². The van der Waals surface area contributed by atoms with E-state index in [4.69, 9.17) is 9.47 Å². The van der Waals surface area contributed by atoms with Gasteiger partial charge in [0.25, 0.3) is 0 Å². The van der Waals surface area contributed by atoms with Crippen molar-refractivity contribution in [1.82, 2.24) is 5.32 Å². The molecule has 0 saturated carbocycles. The van der Waals surface area contributed by atoms with Crippen LogP contribution in [0.15, 0.2) is 30.3 Å². The minimum Gasteiger partial charge on any atom is -0.480 e. The van der Waals surface area contributed by atoms with E-state index in [0.29, 0.717) is 13.0 Å². The summed E-state index contributed by atoms with van der Waals surface area (Å²) in [7, 11) is 1.74. The number of carboxylic acids is 1. The van der Waals surface area contributed by atoms with Crippen molar-refractivity contribution in [3.63, 3.8) is 0 Å². The molecule has 1 aromatic rings. The number of carboxylic acid groups (broad SMARTS) is 1. The molecular weight excluding hydrogens is 382 g/mol. The van der Waals surface area contributed by atoms with E-state index < -0.39 is 18.1 Å². The average molecular weight is 422 g/mol. The summed E-state index contributed by atoms with van der Waals surface area (Å²) in [6, 6.07) is 8.52. The fourth-order valence-corrected chi connectivity index (χ4v) is 3.29. The van der Waals surface area contributed by atoms with Crippen molar-refractivity contribution in [2.45, 2.75) is 89.9 Å². The number of hydrogen-bond acceptors (Lipinski definition) is 4. The van der Waals surface area contributed by atoms with Gasteiger partial charge in [0.15, 0.2) is 6.04 Å². The molecule has 2 N–H and O–H groups in total. The van der Waals surface area contributed by atoms with Gasteiger partial charge < -0.3 is 19.9 Å². The summed E-state index contributed by atoms with van der Waals surface area (Å²) in [5.74, 6) is -1.30. The van der Waals surface area contributed by atoms with Crippen molar-refractivity contribution in [2.75, 3.05) is 13.7 Å². The van der Waals surface area contributed by atoms with Crippen LogP contribution in [0.1, 0.15) is 76.7 Å². The number of amides is 1. The number of hydrogen-bond donors (Lipinski definition) is 2. The highest BCUT2D eigenvalue weighted by molar-refractivity contribution is 5.83. The third-order valence-corrected chi connectivity index (χ3v) is 5.16. The van der Waals surface area contributed by atoms with Crippen LogP contribution in [-0.2, 0) is 25.7 Å². The van der Waals surface area contributed by atoms with Crippen LogP contribution >= 0.6 is 0 Å². The fourth-order valence-electron chi connectivity index (χ4n) is 3.29. The summed E-state index contributed by atoms with van der Waals surface area (Å²) in [5.41, 5.74) is 0.967. The Labute approximate surface area is 181 Å². The Hall–Kier alpha value is -1.92. The predicted octanol–water partition coefficient (Wildman–Crippen LogP) is 4.71. The van der Waals surface area contributed by atoms with Gasteiger partial charge in [0.05, 0.1) is 12.7 Å². The van der Waals surface area contributed by atoms with E-state index in [0.717, 1.165) is 37.9 Å². The molecule has 2 atom stereocenters. The predicted molar refractivity (Wildman–Crippen MR) is 118 cm³/mol. The summed E-state index contributed by atoms with van der Waals surface area (Å²) >= 11 is 0. The Morgan fingerprint density at radius 3 is 2.07 bits per heavy atom. The van der Waals surface area contributed by atoms with Gasteiger partial charge in [-0.25, -0.2) is 4.79 Å². The molecule has 1 rings (SSSR count). The molecule has 0 bridgehead atoms. The molecule has 6 nitrogen and oxygen atoms in total. The maximum atomic E-state index is 12.2. The number of ether oxygens (including phenoxy) is 2. The lowest BCUT2D eigenvalue weighted by Gasteiger charge is -2.22. The van der Waals surface area contributed by atoms with Gasteiger partial charge in [0.1, 0.15) is 0 Å². The molecule has 0 aromatic heterocycles. The molecule has 0 radical (unpaired) electrons. The SMILES string of the molecule is COCCCCCCCCCCCC(=O)N[C@H](C(=O)O)[C@@H](C)OCc1ccccc1. The lowest BCUT2D eigenvalue weighted by atomic mass is 10.1. The van der Waals surface area contributed by atoms with Crippen molar-refractivity contribution < 1.29 is 24.2 Å². The first-order chi connectivity index (χ1) is 14.5. The standard InChI is InChI=1S/C24H39NO5/c1-20(30-19-21-15-11-10-12-16-21)23(24(27)28)25-22(26)17-13-8-6-4-3-5-7-9-14-18-29-2/h10-12,15-16,20,23H,3-9,13-14,17-19H2,1-2H3,(H,25,26)(H,27,28)/t20-,23+/m1/s1. The van der Waals surface area contributed by atoms with Gasteiger partial charge in [-0.05, 0) is 25.3 Å². The Morgan fingerprint density at radius 1 is 0.933 bits per heavy atom. The van der Waals surface area contributed by atoms with Gasteiger partial charge in [0.2, 0.25) is 5.91 Å². The highest BCUT2D eigenvalue weighted by Gasteiger charge is 2.27. The monoisotopic (exact) mass is 421 g/mol. The summed E-state index contributed by atoms with van der Waals surface area (Å²) in [5, 5.41) is 12.1. The van der Waals surface area contributed by atoms with Gasteiger partial charge >= 0.3 is 5.97 Å². The molecule has 0 aliphatic rings. The lowest BCUT2D eigenvalue weighted by Crippen LogP contribution is -2.48. The molecule has 1 amide bonds. The highest BCUT2D eigenvalue weighted by atomic mass is 16.5. The van der Waals surface area contributed by atoms with Crippen LogP contribution < -0.4 is 5.32 Å². The molecule has 0 aliphatic heterocycles. The van der Waals surface area contributed by atoms with Crippen LogP contribution in [0.3, 0.4) is 0 Å². The first-order valence-corrected chi connectivity index (χ1v) is 11.2. The largest absolute Gasteiger partial charge is 0.480 e. The van der Waals surface area contributed by atoms with Crippen molar-refractivity contribution in [3.8, 4) is 0 Å². The molecule has 170 valence electrons. The molecule has 0 unspecified atom stereocenters. The van der Waals surface area contributed by atoms with E-state index in [2.05, 4.69) is 5.32 Å². The maximum absolute atomic E-state index is 12.2. The smallest absolute Gasteiger partial charge is 0.328 e. The zero-order valence-corrected chi connectivity index (χ0v) is 18.6. The third kappa shape index (κ3) is 12.6. The number of carbonyl (C=O) groups is 2. The van der Waals surface area contributed by atoms with Gasteiger partial charge in [-0.1, -0.05) is 75.3 Å². The van der Waals surface area contributed by atoms with E-state index in [1.165, 1.54) is 32.1 Å². The molecule has 0 aliphatic carbocycles. The second-order valence-electron chi connectivity index (χ2n) is 7.81. The van der Waals surface area contributed by atoms with Gasteiger partial charge in [-0.3, -0.25) is 4.79 Å². The summed E-state index contributed by atoms with van der Waals surface area (Å²) in [6.45, 7) is 2.84. The van der Waals surface area contributed by atoms with E-state index in [9.17, 15) is 14.7 Å². The zero-order valence-electron chi connectivity index (χ0n) is 18.6. The first-order valence-electron chi connectivity index (χ1n) is 11.2. The number of methoxy groups -OCH3 is 1. The summed E-state index contributed by atoms with van der Waals surface area (Å²) < 4.78 is 10.7. The van der Waals surface area contributed by atoms with Crippen molar-refractivity contribution in [2.24, 2.45) is 0 Å². The average Bonchev–Trinajstić information content (AvgIpc) is 2.74. The fraction of sp³-hybridized carbons (Fsp3) is 0.667. The molecule has 0 heterocycles. The Bertz CT molecular complexity index is 578. The molecule has 30 heavy (non-hydrogen) atoms. The normalized spacial score (nSPS) is 13.0. The maximum Gasteiger partial charge on any atom is 0.328 e. The molecule has 6 heteroatoms. The van der Waals surface area contributed by atoms with E-state index in [-0.39, 0.29) is 5.91 Å². The molecule has 0 spiro atoms. The minimum absolute atomic E-state index is 0.226. The van der Waals surface area contributed by atoms with Crippen LogP contribution in [0.25, 0.3) is 0 Å². The van der Waals surface area contributed by atoms with Gasteiger partial charge in [-0.2, -0.15) is 0 Å². The van der Waals surface area contributed by atoms with E-state index >= 15 is 0 Å². The van der Waals surface area contributed by atoms with Crippen molar-refractivity contribution >= 4 is 11.9 Å². The van der Waals surface area contributed by atoms with Gasteiger partial charge in [-0.15, -0.1) is 0 Å². The molecule has 0 fully saturated rings. The second kappa shape index (κ2) is 16.8. The zero-order chi connectivity index (χ0) is 22.0. The number of aliphatic carboxylic acids is 1. The number of rotatable bonds is 18. The van der Waals surface area contributed by atoms with Crippen LogP contribution in [0, 0.1) is 0 Å². The van der Waals surface area contributed by atoms with Gasteiger partial charge in [0, 0.05) is 20.1 Å². The lowest BCUT2D eigenvalue weighted by molar-refractivity contribution is -0.146. The van der Waals surface area contributed by atoms with Crippen molar-refractivity contribution in [3.05, 3.63) is 35.9 Å². The topological polar surface area (TPSA) is 84.9 Å². The van der Waals surface area contributed by atoms with Crippen LogP contribution in [0.5, 0.6) is 0 Å². The summed E-state index contributed by atoms with van der Waals surface area (Å²) in [4.78, 5) is 23.7. The highest BCUT2D eigenvalue weighted by Crippen LogP contribution is 2.11. The number of carbonyl (C=O) groups excluding carboxylic acids is 1. The van der Waals surface area contributed by atoms with E-state index in [1.54, 1.807) is 14.0 Å². The number of benzene rings is 1. The Balaban J connectivity index is 2.14. The Morgan fingerprint density at radius 2 is 1.50 bits per heavy atom. The van der Waals surface area contributed by atoms with Crippen LogP contribution in [0.4, 0.5) is 0 Å². The first kappa shape index (κ1) is 26.1. The second-order valence-corrected chi connectivity index (χ2v) is 7.81. The Kier molecular flexibility index (Phi) is 14.7. The minimum atomic E-state index is -1.07. The quantitative estimate of drug-likeness (QED) is 0.335. The van der Waals surface area contributed by atoms with Crippen LogP contribution in [0.2, 0.25) is 0 Å². The number of unbranched alkanes of at least 4 members (excludes halogenated alkanes) is 8. The number of nitrogens with one attached hydrogen (secondary N) is 1. The van der Waals surface area contributed by atoms with E-state index in [1.807, 2.05) is 30.3 Å².